The number of aliphatic hydroxyl groups excluding tert-OH is 1. The zero-order valence-electron chi connectivity index (χ0n) is 28.7. The second-order valence-electron chi connectivity index (χ2n) is 12.2. The van der Waals surface area contributed by atoms with E-state index in [0.717, 1.165) is 23.5 Å². The van der Waals surface area contributed by atoms with E-state index in [1.165, 1.54) is 51.8 Å². The van der Waals surface area contributed by atoms with Crippen LogP contribution in [0.25, 0.3) is 0 Å². The van der Waals surface area contributed by atoms with Gasteiger partial charge in [0.2, 0.25) is 12.0 Å². The number of nitrogens with two attached hydrogens (primary N) is 1. The molecular weight excluding hydrogens is 806 g/mol. The molecule has 0 radical (unpaired) electrons. The molecule has 5 heterocycles. The molecule has 25 heteroatoms. The number of aromatic hydroxyl groups is 2. The van der Waals surface area contributed by atoms with Gasteiger partial charge in [-0.3, -0.25) is 39.8 Å². The number of rotatable bonds is 12. The molecule has 4 aliphatic rings. The van der Waals surface area contributed by atoms with Crippen molar-refractivity contribution in [1.29, 1.82) is 0 Å². The summed E-state index contributed by atoms with van der Waals surface area (Å²) in [5, 5.41) is 50.0. The van der Waals surface area contributed by atoms with Crippen LogP contribution in [0.4, 0.5) is 5.13 Å². The first kappa shape index (κ1) is 40.9. The summed E-state index contributed by atoms with van der Waals surface area (Å²) < 4.78 is 0. The molecule has 4 amide bonds. The number of hydrogen-bond acceptors (Lipinski definition) is 19. The van der Waals surface area contributed by atoms with Crippen LogP contribution in [0.2, 0.25) is 0 Å². The molecular formula is C30H34ClN11O10S3. The number of aliphatic imine (C=N–C) groups is 1. The van der Waals surface area contributed by atoms with Crippen LogP contribution in [-0.2, 0) is 24.0 Å². The van der Waals surface area contributed by atoms with Crippen LogP contribution in [0.15, 0.2) is 56.9 Å². The molecule has 3 unspecified atom stereocenters. The minimum absolute atomic E-state index is 0. The third-order valence-corrected chi connectivity index (χ3v) is 11.8. The monoisotopic (exact) mass is 839 g/mol. The number of hydrogen-bond donors (Lipinski definition) is 9. The lowest BCUT2D eigenvalue weighted by Gasteiger charge is -2.53. The predicted molar refractivity (Wildman–Crippen MR) is 202 cm³/mol. The molecule has 0 spiro atoms. The number of aliphatic hydroxyl groups is 1. The lowest BCUT2D eigenvalue weighted by molar-refractivity contribution is -0.157. The summed E-state index contributed by atoms with van der Waals surface area (Å²) >= 11 is 3.47. The summed E-state index contributed by atoms with van der Waals surface area (Å²) in [7, 11) is 0. The van der Waals surface area contributed by atoms with E-state index < -0.39 is 69.7 Å². The van der Waals surface area contributed by atoms with Crippen LogP contribution in [0, 0.1) is 5.41 Å². The van der Waals surface area contributed by atoms with E-state index in [0.29, 0.717) is 16.6 Å². The molecule has 1 aromatic carbocycles. The average molecular weight is 840 g/mol. The number of allylic oxidation sites excluding steroid dienone is 1. The highest BCUT2D eigenvalue weighted by Crippen LogP contribution is 2.45. The van der Waals surface area contributed by atoms with E-state index in [1.807, 2.05) is 0 Å². The highest BCUT2D eigenvalue weighted by molar-refractivity contribution is 8.03. The molecule has 0 bridgehead atoms. The van der Waals surface area contributed by atoms with Crippen molar-refractivity contribution in [2.75, 3.05) is 30.5 Å². The standard InChI is InChI=1S/C30H33N11O10S3.ClH/c1-13-5-20(41-19(32-13)7-39(12-42)38-41)53-10-30(28(49)50)9-40-26(48)22(27(40)54-11-30)34-25(47)21(16-8-52-29(31)33-16)37-51-14(2)23(45)35-36-24(46)15-3-4-17(43)18(44)6-15;/h3-8,14,22,27,38,42-44H,9-12H2,1-2H3,(H2,31,33)(H,34,47)(H,35,45)(H,36,46)(H,49,50);1H/t14?,22?,27-,30?;/m1./s1. The number of hydrazine groups is 3. The highest BCUT2D eigenvalue weighted by atomic mass is 35.5. The summed E-state index contributed by atoms with van der Waals surface area (Å²) in [6.45, 7) is 2.65. The van der Waals surface area contributed by atoms with Gasteiger partial charge in [0, 0.05) is 34.7 Å². The molecule has 2 fully saturated rings. The number of thioether (sulfide) groups is 2. The quantitative estimate of drug-likeness (QED) is 0.0560. The van der Waals surface area contributed by atoms with Gasteiger partial charge >= 0.3 is 5.97 Å². The Hall–Kier alpha value is -5.27. The molecule has 0 aliphatic carbocycles. The van der Waals surface area contributed by atoms with Crippen molar-refractivity contribution in [2.24, 2.45) is 15.6 Å². The number of nitrogens with zero attached hydrogens (tertiary/aromatic N) is 6. The second-order valence-corrected chi connectivity index (χ2v) is 15.2. The molecule has 21 nitrogen and oxygen atoms in total. The summed E-state index contributed by atoms with van der Waals surface area (Å²) in [5.74, 6) is -4.40. The maximum absolute atomic E-state index is 13.5. The minimum Gasteiger partial charge on any atom is -0.504 e. The third-order valence-electron chi connectivity index (χ3n) is 8.29. The third kappa shape index (κ3) is 8.52. The van der Waals surface area contributed by atoms with Gasteiger partial charge in [0.05, 0.1) is 11.2 Å². The number of β-lactam (4-membered cyclic amide) rings is 1. The van der Waals surface area contributed by atoms with Crippen molar-refractivity contribution < 1.29 is 49.2 Å². The summed E-state index contributed by atoms with van der Waals surface area (Å²) in [6, 6.07) is 2.26. The van der Waals surface area contributed by atoms with E-state index in [4.69, 9.17) is 10.6 Å². The zero-order valence-corrected chi connectivity index (χ0v) is 31.9. The van der Waals surface area contributed by atoms with Gasteiger partial charge in [-0.25, -0.2) is 15.0 Å². The maximum Gasteiger partial charge on any atom is 0.313 e. The van der Waals surface area contributed by atoms with Crippen molar-refractivity contribution in [3.63, 3.8) is 0 Å². The largest absolute Gasteiger partial charge is 0.504 e. The number of phenolic OH excluding ortho intramolecular Hbond substituents is 2. The summed E-state index contributed by atoms with van der Waals surface area (Å²) in [5.41, 5.74) is 11.8. The topological polar surface area (TPSA) is 297 Å². The molecule has 0 saturated carbocycles. The molecule has 2 saturated heterocycles. The number of aromatic nitrogens is 1. The van der Waals surface area contributed by atoms with Crippen LogP contribution in [0.3, 0.4) is 0 Å². The zero-order chi connectivity index (χ0) is 38.9. The number of oxime groups is 1. The number of carbonyl (C=O) groups excluding carboxylic acids is 4. The van der Waals surface area contributed by atoms with E-state index in [9.17, 15) is 44.4 Å². The van der Waals surface area contributed by atoms with Crippen molar-refractivity contribution >= 4 is 93.4 Å². The van der Waals surface area contributed by atoms with E-state index in [-0.39, 0.29) is 53.6 Å². The fourth-order valence-corrected chi connectivity index (χ4v) is 8.82. The maximum atomic E-state index is 13.5. The minimum atomic E-state index is -1.37. The van der Waals surface area contributed by atoms with Gasteiger partial charge in [0.1, 0.15) is 29.3 Å². The van der Waals surface area contributed by atoms with Gasteiger partial charge in [-0.1, -0.05) is 5.16 Å². The van der Waals surface area contributed by atoms with Crippen LogP contribution in [0.5, 0.6) is 11.5 Å². The average Bonchev–Trinajstić information content (AvgIpc) is 3.78. The summed E-state index contributed by atoms with van der Waals surface area (Å²) in [4.78, 5) is 79.7. The number of fused-ring (bicyclic) bond motifs is 2. The van der Waals surface area contributed by atoms with Crippen LogP contribution in [-0.4, -0.2) is 124 Å². The van der Waals surface area contributed by atoms with Crippen molar-refractivity contribution in [3.05, 3.63) is 58.0 Å². The second kappa shape index (κ2) is 16.6. The molecule has 10 N–H and O–H groups in total. The van der Waals surface area contributed by atoms with Gasteiger partial charge in [-0.05, 0) is 38.1 Å². The Morgan fingerprint density at radius 2 is 2.00 bits per heavy atom. The first-order valence-electron chi connectivity index (χ1n) is 15.8. The van der Waals surface area contributed by atoms with Crippen LogP contribution in [0.1, 0.15) is 29.9 Å². The first-order valence-corrected chi connectivity index (χ1v) is 18.7. The Morgan fingerprint density at radius 3 is 2.67 bits per heavy atom. The number of amides is 4. The number of benzene rings is 1. The fraction of sp³-hybridized carbons (Fsp3) is 0.333. The Kier molecular flexibility index (Phi) is 12.4. The van der Waals surface area contributed by atoms with E-state index in [1.54, 1.807) is 24.2 Å². The smallest absolute Gasteiger partial charge is 0.313 e. The molecule has 4 atom stereocenters. The number of thiazole rings is 1. The fourth-order valence-electron chi connectivity index (χ4n) is 5.35. The summed E-state index contributed by atoms with van der Waals surface area (Å²) in [6.07, 6.45) is 2.02. The van der Waals surface area contributed by atoms with Gasteiger partial charge in [0.15, 0.2) is 28.2 Å². The number of halogens is 1. The molecule has 2 aromatic rings. The van der Waals surface area contributed by atoms with Crippen molar-refractivity contribution in [1.82, 2.24) is 41.6 Å². The van der Waals surface area contributed by atoms with Gasteiger partial charge in [0.25, 0.3) is 17.7 Å². The number of carboxylic acids is 1. The van der Waals surface area contributed by atoms with Crippen molar-refractivity contribution in [3.8, 4) is 11.5 Å². The molecule has 4 aliphatic heterocycles. The normalized spacial score (nSPS) is 22.1. The molecule has 55 heavy (non-hydrogen) atoms. The molecule has 6 rings (SSSR count). The lowest BCUT2D eigenvalue weighted by atomic mass is 9.89. The Morgan fingerprint density at radius 1 is 1.24 bits per heavy atom. The first-order chi connectivity index (χ1) is 25.7. The Labute approximate surface area is 330 Å². The van der Waals surface area contributed by atoms with Crippen molar-refractivity contribution in [2.45, 2.75) is 31.4 Å². The Balaban J connectivity index is 0.00000580. The number of phenols is 2. The number of anilines is 1. The van der Waals surface area contributed by atoms with Gasteiger partial charge < -0.3 is 41.2 Å². The number of nitrogen functional groups attached to an aromatic ring is 1. The SMILES string of the molecule is CC1=NC2=CN(CO)NN2C(SCC2(C(=O)O)CS[C@@H]3C(NC(=O)C(=NOC(C)C(=O)NNC(=O)c4ccc(O)c(O)c4)c4csc(N)n4)C(=O)N3C2)=C1.Cl. The van der Waals surface area contributed by atoms with E-state index in [2.05, 4.69) is 36.8 Å². The van der Waals surface area contributed by atoms with Crippen LogP contribution < -0.4 is 27.4 Å². The number of nitrogens with one attached hydrogen (secondary N) is 4. The molecule has 294 valence electrons. The van der Waals surface area contributed by atoms with E-state index >= 15 is 0 Å². The molecule has 1 aromatic heterocycles. The van der Waals surface area contributed by atoms with Gasteiger partial charge in [-0.2, -0.15) is 0 Å². The Bertz CT molecular complexity index is 2030. The van der Waals surface area contributed by atoms with Gasteiger partial charge in [-0.15, -0.1) is 52.8 Å². The highest BCUT2D eigenvalue weighted by Gasteiger charge is 2.57. The number of carboxylic acid groups (broad SMARTS) is 1. The van der Waals surface area contributed by atoms with Crippen LogP contribution >= 0.6 is 47.3 Å². The number of aliphatic carboxylic acids is 1. The predicted octanol–water partition coefficient (Wildman–Crippen LogP) is -0.565. The number of carbonyl (C=O) groups is 5. The lowest BCUT2D eigenvalue weighted by Crippen LogP contribution is -2.74.